The first-order valence-electron chi connectivity index (χ1n) is 6.82. The van der Waals surface area contributed by atoms with Gasteiger partial charge in [-0.05, 0) is 31.9 Å². The summed E-state index contributed by atoms with van der Waals surface area (Å²) in [6, 6.07) is 4.13. The molecule has 5 nitrogen and oxygen atoms in total. The van der Waals surface area contributed by atoms with E-state index in [1.807, 2.05) is 26.1 Å². The van der Waals surface area contributed by atoms with Crippen LogP contribution in [-0.2, 0) is 11.3 Å². The van der Waals surface area contributed by atoms with Crippen molar-refractivity contribution >= 4 is 5.91 Å². The number of rotatable bonds is 4. The largest absolute Gasteiger partial charge is 0.464 e. The molecule has 1 fully saturated rings. The van der Waals surface area contributed by atoms with E-state index in [1.165, 1.54) is 0 Å². The quantitative estimate of drug-likeness (QED) is 0.881. The molecule has 0 aliphatic carbocycles. The molecule has 1 aliphatic heterocycles. The smallest absolute Gasteiger partial charge is 0.236 e. The van der Waals surface area contributed by atoms with E-state index in [9.17, 15) is 4.79 Å². The van der Waals surface area contributed by atoms with Gasteiger partial charge in [0.05, 0.1) is 13.1 Å². The summed E-state index contributed by atoms with van der Waals surface area (Å²) in [6.07, 6.45) is 1.96. The third kappa shape index (κ3) is 4.08. The fraction of sp³-hybridized carbons (Fsp3) is 0.643. The molecule has 1 aliphatic rings. The number of likely N-dealkylation sites (N-methyl/N-ethyl adjacent to an activating group) is 1. The van der Waals surface area contributed by atoms with E-state index >= 15 is 0 Å². The lowest BCUT2D eigenvalue weighted by Crippen LogP contribution is -2.44. The van der Waals surface area contributed by atoms with Gasteiger partial charge in [0.15, 0.2) is 0 Å². The number of furan rings is 1. The average molecular weight is 265 g/mol. The van der Waals surface area contributed by atoms with Crippen molar-refractivity contribution in [1.82, 2.24) is 9.80 Å². The topological polar surface area (TPSA) is 62.7 Å². The highest BCUT2D eigenvalue weighted by atomic mass is 16.3. The zero-order valence-corrected chi connectivity index (χ0v) is 11.8. The molecule has 0 atom stereocenters. The highest BCUT2D eigenvalue weighted by Crippen LogP contribution is 2.11. The van der Waals surface area contributed by atoms with E-state index < -0.39 is 0 Å². The second kappa shape index (κ2) is 6.21. The molecule has 2 N–H and O–H groups in total. The van der Waals surface area contributed by atoms with Crippen LogP contribution in [0.15, 0.2) is 16.5 Å². The van der Waals surface area contributed by atoms with Gasteiger partial charge in [-0.15, -0.1) is 0 Å². The van der Waals surface area contributed by atoms with Gasteiger partial charge in [-0.25, -0.2) is 0 Å². The average Bonchev–Trinajstić information content (AvgIpc) is 2.77. The van der Waals surface area contributed by atoms with Crippen molar-refractivity contribution in [3.05, 3.63) is 23.7 Å². The number of nitrogens with two attached hydrogens (primary N) is 1. The lowest BCUT2D eigenvalue weighted by atomic mass is 10.1. The van der Waals surface area contributed by atoms with Crippen molar-refractivity contribution < 1.29 is 9.21 Å². The van der Waals surface area contributed by atoms with Crippen molar-refractivity contribution in [3.8, 4) is 0 Å². The maximum absolute atomic E-state index is 12.1. The number of carbonyl (C=O) groups is 1. The monoisotopic (exact) mass is 265 g/mol. The SMILES string of the molecule is Cc1ccc(CN(C)C(=O)CN2CCC(N)CC2)o1. The molecule has 0 aromatic carbocycles. The van der Waals surface area contributed by atoms with Crippen LogP contribution in [0.1, 0.15) is 24.4 Å². The predicted octanol–water partition coefficient (Wildman–Crippen LogP) is 0.970. The third-order valence-corrected chi connectivity index (χ3v) is 3.61. The van der Waals surface area contributed by atoms with Crippen molar-refractivity contribution in [2.45, 2.75) is 32.4 Å². The number of aryl methyl sites for hydroxylation is 1. The van der Waals surface area contributed by atoms with E-state index in [-0.39, 0.29) is 5.91 Å². The minimum Gasteiger partial charge on any atom is -0.464 e. The molecule has 106 valence electrons. The number of likely N-dealkylation sites (tertiary alicyclic amines) is 1. The van der Waals surface area contributed by atoms with Crippen LogP contribution in [0.4, 0.5) is 0 Å². The molecule has 0 radical (unpaired) electrons. The van der Waals surface area contributed by atoms with Gasteiger partial charge in [-0.1, -0.05) is 0 Å². The van der Waals surface area contributed by atoms with Crippen LogP contribution in [0.5, 0.6) is 0 Å². The normalized spacial score (nSPS) is 17.6. The van der Waals surface area contributed by atoms with Crippen LogP contribution in [0.2, 0.25) is 0 Å². The van der Waals surface area contributed by atoms with Crippen molar-refractivity contribution in [2.75, 3.05) is 26.7 Å². The number of hydrogen-bond acceptors (Lipinski definition) is 4. The highest BCUT2D eigenvalue weighted by Gasteiger charge is 2.20. The molecule has 1 aromatic heterocycles. The fourth-order valence-corrected chi connectivity index (χ4v) is 2.32. The van der Waals surface area contributed by atoms with Gasteiger partial charge in [0.25, 0.3) is 0 Å². The Labute approximate surface area is 114 Å². The van der Waals surface area contributed by atoms with Gasteiger partial charge in [0, 0.05) is 26.2 Å². The first-order chi connectivity index (χ1) is 9.04. The minimum atomic E-state index is 0.129. The molecule has 19 heavy (non-hydrogen) atoms. The summed E-state index contributed by atoms with van der Waals surface area (Å²) in [6.45, 7) is 4.74. The van der Waals surface area contributed by atoms with Crippen LogP contribution < -0.4 is 5.73 Å². The van der Waals surface area contributed by atoms with Crippen LogP contribution >= 0.6 is 0 Å². The van der Waals surface area contributed by atoms with Crippen LogP contribution in [0.3, 0.4) is 0 Å². The number of piperidine rings is 1. The zero-order chi connectivity index (χ0) is 13.8. The molecule has 0 spiro atoms. The molecular weight excluding hydrogens is 242 g/mol. The zero-order valence-electron chi connectivity index (χ0n) is 11.8. The van der Waals surface area contributed by atoms with Gasteiger partial charge < -0.3 is 15.1 Å². The molecule has 2 heterocycles. The second-order valence-electron chi connectivity index (χ2n) is 5.38. The molecule has 1 saturated heterocycles. The van der Waals surface area contributed by atoms with Gasteiger partial charge >= 0.3 is 0 Å². The van der Waals surface area contributed by atoms with Crippen LogP contribution in [0.25, 0.3) is 0 Å². The predicted molar refractivity (Wildman–Crippen MR) is 73.6 cm³/mol. The van der Waals surface area contributed by atoms with Gasteiger partial charge in [0.2, 0.25) is 5.91 Å². The Balaban J connectivity index is 1.79. The first kappa shape index (κ1) is 14.1. The van der Waals surface area contributed by atoms with Crippen LogP contribution in [-0.4, -0.2) is 48.4 Å². The van der Waals surface area contributed by atoms with E-state index in [2.05, 4.69) is 4.90 Å². The molecule has 0 unspecified atom stereocenters. The first-order valence-corrected chi connectivity index (χ1v) is 6.82. The van der Waals surface area contributed by atoms with Crippen molar-refractivity contribution in [2.24, 2.45) is 5.73 Å². The second-order valence-corrected chi connectivity index (χ2v) is 5.38. The van der Waals surface area contributed by atoms with E-state index in [4.69, 9.17) is 10.2 Å². The van der Waals surface area contributed by atoms with Crippen molar-refractivity contribution in [1.29, 1.82) is 0 Å². The summed E-state index contributed by atoms with van der Waals surface area (Å²) >= 11 is 0. The van der Waals surface area contributed by atoms with Crippen molar-refractivity contribution in [3.63, 3.8) is 0 Å². The standard InChI is InChI=1S/C14H23N3O2/c1-11-3-4-13(19-11)9-16(2)14(18)10-17-7-5-12(15)6-8-17/h3-4,12H,5-10,15H2,1-2H3. The van der Waals surface area contributed by atoms with Crippen LogP contribution in [0, 0.1) is 6.92 Å². The maximum Gasteiger partial charge on any atom is 0.236 e. The molecule has 0 saturated carbocycles. The molecule has 0 bridgehead atoms. The molecule has 2 rings (SSSR count). The van der Waals surface area contributed by atoms with E-state index in [0.29, 0.717) is 19.1 Å². The number of carbonyl (C=O) groups excluding carboxylic acids is 1. The Morgan fingerprint density at radius 1 is 1.47 bits per heavy atom. The minimum absolute atomic E-state index is 0.129. The van der Waals surface area contributed by atoms with Gasteiger partial charge in [-0.3, -0.25) is 9.69 Å². The molecule has 5 heteroatoms. The maximum atomic E-state index is 12.1. The third-order valence-electron chi connectivity index (χ3n) is 3.61. The molecular formula is C14H23N3O2. The van der Waals surface area contributed by atoms with E-state index in [1.54, 1.807) is 4.90 Å². The Morgan fingerprint density at radius 3 is 2.74 bits per heavy atom. The van der Waals surface area contributed by atoms with E-state index in [0.717, 1.165) is 37.5 Å². The van der Waals surface area contributed by atoms with Gasteiger partial charge in [-0.2, -0.15) is 0 Å². The summed E-state index contributed by atoms with van der Waals surface area (Å²) in [5.41, 5.74) is 5.86. The molecule has 1 aromatic rings. The summed E-state index contributed by atoms with van der Waals surface area (Å²) in [7, 11) is 1.82. The summed E-state index contributed by atoms with van der Waals surface area (Å²) in [5, 5.41) is 0. The number of nitrogens with zero attached hydrogens (tertiary/aromatic N) is 2. The Kier molecular flexibility index (Phi) is 4.61. The summed E-state index contributed by atoms with van der Waals surface area (Å²) in [4.78, 5) is 16.0. The Bertz CT molecular complexity index is 422. The lowest BCUT2D eigenvalue weighted by Gasteiger charge is -2.30. The fourth-order valence-electron chi connectivity index (χ4n) is 2.32. The number of amides is 1. The summed E-state index contributed by atoms with van der Waals surface area (Å²) < 4.78 is 5.48. The lowest BCUT2D eigenvalue weighted by molar-refractivity contribution is -0.132. The molecule has 1 amide bonds. The summed E-state index contributed by atoms with van der Waals surface area (Å²) in [5.74, 6) is 1.83. The number of hydrogen-bond donors (Lipinski definition) is 1. The Morgan fingerprint density at radius 2 is 2.16 bits per heavy atom. The highest BCUT2D eigenvalue weighted by molar-refractivity contribution is 5.77. The van der Waals surface area contributed by atoms with Gasteiger partial charge in [0.1, 0.15) is 11.5 Å². The Hall–Kier alpha value is -1.33.